The number of carbonyl (C=O) groups excluding carboxylic acids is 2. The highest BCUT2D eigenvalue weighted by Crippen LogP contribution is 2.54. The molecule has 1 spiro atoms. The summed E-state index contributed by atoms with van der Waals surface area (Å²) in [6, 6.07) is 23.3. The zero-order valence-corrected chi connectivity index (χ0v) is 22.4. The van der Waals surface area contributed by atoms with Crippen LogP contribution in [0.1, 0.15) is 38.4 Å². The van der Waals surface area contributed by atoms with Gasteiger partial charge in [-0.05, 0) is 66.9 Å². The van der Waals surface area contributed by atoms with Gasteiger partial charge in [0.25, 0.3) is 11.8 Å². The summed E-state index contributed by atoms with van der Waals surface area (Å²) in [6.45, 7) is 4.12. The van der Waals surface area contributed by atoms with E-state index < -0.39 is 22.8 Å². The average Bonchev–Trinajstić information content (AvgIpc) is 3.35. The first-order valence-electron chi connectivity index (χ1n) is 12.8. The van der Waals surface area contributed by atoms with Gasteiger partial charge in [0.1, 0.15) is 11.4 Å². The van der Waals surface area contributed by atoms with E-state index in [4.69, 9.17) is 16.0 Å². The Kier molecular flexibility index (Phi) is 5.24. The van der Waals surface area contributed by atoms with Gasteiger partial charge in [-0.1, -0.05) is 54.1 Å². The van der Waals surface area contributed by atoms with Gasteiger partial charge in [0, 0.05) is 16.8 Å². The van der Waals surface area contributed by atoms with Crippen molar-refractivity contribution in [1.82, 2.24) is 4.98 Å². The molecule has 5 aromatic rings. The van der Waals surface area contributed by atoms with Gasteiger partial charge in [-0.25, -0.2) is 4.98 Å². The van der Waals surface area contributed by atoms with Gasteiger partial charge in [0.15, 0.2) is 11.0 Å². The van der Waals surface area contributed by atoms with Crippen molar-refractivity contribution in [3.05, 3.63) is 134 Å². The van der Waals surface area contributed by atoms with Crippen LogP contribution >= 0.6 is 11.6 Å². The quantitative estimate of drug-likeness (QED) is 0.280. The van der Waals surface area contributed by atoms with Crippen LogP contribution in [0.2, 0.25) is 5.02 Å². The molecule has 7 nitrogen and oxygen atoms in total. The minimum Gasteiger partial charge on any atom is -0.450 e. The van der Waals surface area contributed by atoms with Crippen LogP contribution in [0, 0.1) is 13.8 Å². The van der Waals surface area contributed by atoms with Crippen LogP contribution in [0.25, 0.3) is 11.0 Å². The van der Waals surface area contributed by atoms with Gasteiger partial charge in [0.05, 0.1) is 23.2 Å². The van der Waals surface area contributed by atoms with Gasteiger partial charge < -0.3 is 9.32 Å². The van der Waals surface area contributed by atoms with Crippen LogP contribution in [0.3, 0.4) is 0 Å². The second kappa shape index (κ2) is 8.63. The molecule has 0 radical (unpaired) electrons. The van der Waals surface area contributed by atoms with Gasteiger partial charge >= 0.3 is 0 Å². The Morgan fingerprint density at radius 1 is 0.925 bits per heavy atom. The van der Waals surface area contributed by atoms with Gasteiger partial charge in [-0.15, -0.1) is 0 Å². The molecule has 2 aliphatic rings. The normalized spacial score (nSPS) is 17.7. The third-order valence-electron chi connectivity index (χ3n) is 7.81. The zero-order valence-electron chi connectivity index (χ0n) is 21.6. The smallest absolute Gasteiger partial charge is 0.297 e. The molecular weight excluding hydrogens is 526 g/mol. The molecule has 8 heteroatoms. The lowest BCUT2D eigenvalue weighted by molar-refractivity contribution is -0.121. The maximum Gasteiger partial charge on any atom is 0.297 e. The van der Waals surface area contributed by atoms with E-state index in [1.54, 1.807) is 47.5 Å². The fourth-order valence-corrected chi connectivity index (χ4v) is 6.11. The largest absolute Gasteiger partial charge is 0.450 e. The number of hydrogen-bond acceptors (Lipinski definition) is 5. The molecule has 1 atom stereocenters. The number of anilines is 2. The minimum absolute atomic E-state index is 0.0275. The Morgan fingerprint density at radius 2 is 1.70 bits per heavy atom. The Labute approximate surface area is 234 Å². The van der Waals surface area contributed by atoms with Crippen molar-refractivity contribution in [3.8, 4) is 0 Å². The van der Waals surface area contributed by atoms with E-state index in [0.29, 0.717) is 16.3 Å². The molecule has 0 bridgehead atoms. The van der Waals surface area contributed by atoms with Crippen LogP contribution in [0.5, 0.6) is 0 Å². The number of benzene rings is 3. The Balaban J connectivity index is 1.58. The van der Waals surface area contributed by atoms with Gasteiger partial charge in [-0.2, -0.15) is 0 Å². The highest BCUT2D eigenvalue weighted by Gasteiger charge is 2.66. The average molecular weight is 548 g/mol. The van der Waals surface area contributed by atoms with E-state index in [9.17, 15) is 14.4 Å². The number of carbonyl (C=O) groups is 2. The monoisotopic (exact) mass is 547 g/mol. The second-order valence-electron chi connectivity index (χ2n) is 10.2. The van der Waals surface area contributed by atoms with Crippen molar-refractivity contribution in [3.63, 3.8) is 0 Å². The molecule has 4 heterocycles. The fraction of sp³-hybridized carbons (Fsp3) is 0.125. The number of hydrogen-bond donors (Lipinski definition) is 0. The van der Waals surface area contributed by atoms with Crippen molar-refractivity contribution in [2.75, 3.05) is 9.80 Å². The van der Waals surface area contributed by atoms with Crippen LogP contribution in [0.15, 0.2) is 94.3 Å². The molecular formula is C32H22ClN3O4. The molecule has 196 valence electrons. The second-order valence-corrected chi connectivity index (χ2v) is 10.6. The zero-order chi connectivity index (χ0) is 27.8. The molecule has 0 saturated carbocycles. The van der Waals surface area contributed by atoms with Gasteiger partial charge in [-0.3, -0.25) is 19.3 Å². The molecule has 2 aromatic heterocycles. The van der Waals surface area contributed by atoms with Crippen molar-refractivity contribution < 1.29 is 14.0 Å². The molecule has 0 saturated heterocycles. The maximum absolute atomic E-state index is 14.9. The SMILES string of the molecule is Cc1ccnc(N2C(=O)c3oc4ccc(Cl)cc4c(=O)c3C23C(=O)N(Cc2ccccc2C)c2ccccc23)c1. The van der Waals surface area contributed by atoms with Crippen LogP contribution in [0.4, 0.5) is 11.5 Å². The topological polar surface area (TPSA) is 83.7 Å². The van der Waals surface area contributed by atoms with Crippen molar-refractivity contribution in [1.29, 1.82) is 0 Å². The van der Waals surface area contributed by atoms with E-state index in [2.05, 4.69) is 4.98 Å². The third kappa shape index (κ3) is 3.18. The maximum atomic E-state index is 14.9. The van der Waals surface area contributed by atoms with Crippen molar-refractivity contribution in [2.45, 2.75) is 25.9 Å². The third-order valence-corrected chi connectivity index (χ3v) is 8.04. The molecule has 0 fully saturated rings. The predicted octanol–water partition coefficient (Wildman–Crippen LogP) is 5.91. The molecule has 1 unspecified atom stereocenters. The Morgan fingerprint density at radius 3 is 2.50 bits per heavy atom. The van der Waals surface area contributed by atoms with E-state index in [0.717, 1.165) is 16.7 Å². The molecule has 3 aromatic carbocycles. The summed E-state index contributed by atoms with van der Waals surface area (Å²) in [6.07, 6.45) is 1.58. The standard InChI is InChI=1S/C32H22ClN3O4/c1-18-13-14-34-26(15-18)36-30(38)29-27(28(37)22-16-21(33)11-12-25(22)40-29)32(36)23-9-5-6-10-24(23)35(31(32)39)17-20-8-4-3-7-19(20)2/h3-16H,17H2,1-2H3. The van der Waals surface area contributed by atoms with E-state index in [-0.39, 0.29) is 34.7 Å². The number of para-hydroxylation sites is 1. The lowest BCUT2D eigenvalue weighted by Crippen LogP contribution is -2.54. The summed E-state index contributed by atoms with van der Waals surface area (Å²) in [4.78, 5) is 51.0. The fourth-order valence-electron chi connectivity index (χ4n) is 5.94. The summed E-state index contributed by atoms with van der Waals surface area (Å²) < 4.78 is 6.11. The van der Waals surface area contributed by atoms with Crippen molar-refractivity contribution >= 4 is 45.9 Å². The molecule has 40 heavy (non-hydrogen) atoms. The lowest BCUT2D eigenvalue weighted by Gasteiger charge is -2.33. The first-order valence-corrected chi connectivity index (χ1v) is 13.2. The number of pyridine rings is 1. The summed E-state index contributed by atoms with van der Waals surface area (Å²) in [7, 11) is 0. The number of halogens is 1. The molecule has 7 rings (SSSR count). The van der Waals surface area contributed by atoms with Crippen molar-refractivity contribution in [2.24, 2.45) is 0 Å². The van der Waals surface area contributed by atoms with E-state index >= 15 is 0 Å². The molecule has 2 amide bonds. The summed E-state index contributed by atoms with van der Waals surface area (Å²) >= 11 is 6.26. The molecule has 0 aliphatic carbocycles. The molecule has 0 N–H and O–H groups in total. The van der Waals surface area contributed by atoms with E-state index in [1.807, 2.05) is 50.2 Å². The van der Waals surface area contributed by atoms with E-state index in [1.165, 1.54) is 11.0 Å². The Hall–Kier alpha value is -4.75. The summed E-state index contributed by atoms with van der Waals surface area (Å²) in [5.41, 5.74) is 1.82. The highest BCUT2D eigenvalue weighted by atomic mass is 35.5. The number of fused-ring (bicyclic) bond motifs is 5. The first kappa shape index (κ1) is 24.3. The number of nitrogens with zero attached hydrogens (tertiary/aromatic N) is 3. The van der Waals surface area contributed by atoms with Crippen LogP contribution in [-0.4, -0.2) is 16.8 Å². The number of aryl methyl sites for hydroxylation is 2. The molecule has 2 aliphatic heterocycles. The van der Waals surface area contributed by atoms with Crippen LogP contribution in [-0.2, 0) is 16.9 Å². The highest BCUT2D eigenvalue weighted by molar-refractivity contribution is 6.31. The number of amides is 2. The minimum atomic E-state index is -1.82. The van der Waals surface area contributed by atoms with Crippen LogP contribution < -0.4 is 15.2 Å². The van der Waals surface area contributed by atoms with Gasteiger partial charge in [0.2, 0.25) is 5.76 Å². The summed E-state index contributed by atoms with van der Waals surface area (Å²) in [5.74, 6) is -0.966. The predicted molar refractivity (Wildman–Crippen MR) is 153 cm³/mol. The number of rotatable bonds is 3. The Bertz CT molecular complexity index is 1970. The number of aromatic nitrogens is 1. The first-order chi connectivity index (χ1) is 19.3. The lowest BCUT2D eigenvalue weighted by atomic mass is 9.84. The summed E-state index contributed by atoms with van der Waals surface area (Å²) in [5, 5.41) is 0.537.